The van der Waals surface area contributed by atoms with E-state index in [2.05, 4.69) is 5.32 Å². The number of nitrogens with two attached hydrogens (primary N) is 1. The van der Waals surface area contributed by atoms with E-state index in [4.69, 9.17) is 10.5 Å². The number of nitrogens with zero attached hydrogens (tertiary/aromatic N) is 1. The van der Waals surface area contributed by atoms with Gasteiger partial charge in [0.05, 0.1) is 13.7 Å². The van der Waals surface area contributed by atoms with Gasteiger partial charge in [-0.2, -0.15) is 0 Å². The molecule has 1 aromatic carbocycles. The molecule has 2 amide bonds. The molecule has 1 aliphatic rings. The number of primary amides is 1. The first kappa shape index (κ1) is 15.3. The third-order valence-electron chi connectivity index (χ3n) is 3.65. The zero-order valence-electron chi connectivity index (χ0n) is 12.2. The van der Waals surface area contributed by atoms with Gasteiger partial charge < -0.3 is 20.7 Å². The van der Waals surface area contributed by atoms with Crippen molar-refractivity contribution in [3.8, 4) is 5.75 Å². The van der Waals surface area contributed by atoms with Crippen molar-refractivity contribution in [3.63, 3.8) is 0 Å². The third-order valence-corrected chi connectivity index (χ3v) is 3.65. The zero-order chi connectivity index (χ0) is 15.2. The SMILES string of the molecule is COc1cccc(C(=O)N(CC(N)=O)C2CCNCC2)c1. The van der Waals surface area contributed by atoms with E-state index in [-0.39, 0.29) is 18.5 Å². The lowest BCUT2D eigenvalue weighted by molar-refractivity contribution is -0.119. The summed E-state index contributed by atoms with van der Waals surface area (Å²) in [7, 11) is 1.55. The molecule has 0 radical (unpaired) electrons. The molecule has 21 heavy (non-hydrogen) atoms. The highest BCUT2D eigenvalue weighted by Gasteiger charge is 2.27. The van der Waals surface area contributed by atoms with Crippen molar-refractivity contribution < 1.29 is 14.3 Å². The number of methoxy groups -OCH3 is 1. The average Bonchev–Trinajstić information content (AvgIpc) is 2.52. The summed E-state index contributed by atoms with van der Waals surface area (Å²) in [5.74, 6) is -0.0606. The van der Waals surface area contributed by atoms with Gasteiger partial charge in [0.25, 0.3) is 5.91 Å². The monoisotopic (exact) mass is 291 g/mol. The maximum Gasteiger partial charge on any atom is 0.254 e. The number of rotatable bonds is 5. The van der Waals surface area contributed by atoms with Crippen molar-refractivity contribution in [2.75, 3.05) is 26.7 Å². The highest BCUT2D eigenvalue weighted by Crippen LogP contribution is 2.18. The van der Waals surface area contributed by atoms with Crippen molar-refractivity contribution in [3.05, 3.63) is 29.8 Å². The van der Waals surface area contributed by atoms with Gasteiger partial charge in [0.1, 0.15) is 5.75 Å². The van der Waals surface area contributed by atoms with Crippen LogP contribution in [0, 0.1) is 0 Å². The Balaban J connectivity index is 2.21. The van der Waals surface area contributed by atoms with Crippen LogP contribution < -0.4 is 15.8 Å². The fraction of sp³-hybridized carbons (Fsp3) is 0.467. The number of ether oxygens (including phenoxy) is 1. The molecule has 0 atom stereocenters. The second-order valence-corrected chi connectivity index (χ2v) is 5.11. The Kier molecular flexibility index (Phi) is 5.16. The molecule has 0 spiro atoms. The molecule has 1 saturated heterocycles. The lowest BCUT2D eigenvalue weighted by atomic mass is 10.0. The molecule has 0 saturated carbocycles. The predicted octanol–water partition coefficient (Wildman–Crippen LogP) is 0.375. The lowest BCUT2D eigenvalue weighted by Gasteiger charge is -2.34. The summed E-state index contributed by atoms with van der Waals surface area (Å²) < 4.78 is 5.14. The van der Waals surface area contributed by atoms with Crippen molar-refractivity contribution in [2.45, 2.75) is 18.9 Å². The van der Waals surface area contributed by atoms with E-state index >= 15 is 0 Å². The molecule has 6 heteroatoms. The number of benzene rings is 1. The third kappa shape index (κ3) is 3.95. The van der Waals surface area contributed by atoms with E-state index in [0.29, 0.717) is 11.3 Å². The molecule has 1 aromatic rings. The van der Waals surface area contributed by atoms with Crippen LogP contribution in [-0.2, 0) is 4.79 Å². The second-order valence-electron chi connectivity index (χ2n) is 5.11. The number of carbonyl (C=O) groups excluding carboxylic acids is 2. The Bertz CT molecular complexity index is 513. The summed E-state index contributed by atoms with van der Waals surface area (Å²) in [4.78, 5) is 25.6. The maximum absolute atomic E-state index is 12.7. The van der Waals surface area contributed by atoms with Crippen LogP contribution in [0.4, 0.5) is 0 Å². The van der Waals surface area contributed by atoms with Gasteiger partial charge in [0.2, 0.25) is 5.91 Å². The number of piperidine rings is 1. The van der Waals surface area contributed by atoms with Crippen LogP contribution in [0.15, 0.2) is 24.3 Å². The van der Waals surface area contributed by atoms with Crippen LogP contribution in [0.25, 0.3) is 0 Å². The van der Waals surface area contributed by atoms with Crippen LogP contribution in [0.1, 0.15) is 23.2 Å². The van der Waals surface area contributed by atoms with E-state index in [1.165, 1.54) is 0 Å². The summed E-state index contributed by atoms with van der Waals surface area (Å²) in [6.07, 6.45) is 1.64. The highest BCUT2D eigenvalue weighted by atomic mass is 16.5. The predicted molar refractivity (Wildman–Crippen MR) is 79.1 cm³/mol. The van der Waals surface area contributed by atoms with Gasteiger partial charge in [0.15, 0.2) is 0 Å². The topological polar surface area (TPSA) is 84.7 Å². The normalized spacial score (nSPS) is 15.5. The molecule has 6 nitrogen and oxygen atoms in total. The zero-order valence-corrected chi connectivity index (χ0v) is 12.2. The quantitative estimate of drug-likeness (QED) is 0.821. The molecule has 0 bridgehead atoms. The Morgan fingerprint density at radius 3 is 2.71 bits per heavy atom. The van der Waals surface area contributed by atoms with Gasteiger partial charge in [-0.25, -0.2) is 0 Å². The van der Waals surface area contributed by atoms with E-state index in [1.807, 2.05) is 0 Å². The van der Waals surface area contributed by atoms with E-state index < -0.39 is 5.91 Å². The fourth-order valence-corrected chi connectivity index (χ4v) is 2.57. The second kappa shape index (κ2) is 7.08. The molecule has 1 fully saturated rings. The summed E-state index contributed by atoms with van der Waals surface area (Å²) >= 11 is 0. The van der Waals surface area contributed by atoms with Gasteiger partial charge in [-0.05, 0) is 44.1 Å². The highest BCUT2D eigenvalue weighted by molar-refractivity contribution is 5.96. The van der Waals surface area contributed by atoms with Gasteiger partial charge in [-0.15, -0.1) is 0 Å². The van der Waals surface area contributed by atoms with Crippen LogP contribution >= 0.6 is 0 Å². The number of amides is 2. The first-order valence-electron chi connectivity index (χ1n) is 7.06. The summed E-state index contributed by atoms with van der Waals surface area (Å²) in [5, 5.41) is 3.25. The minimum atomic E-state index is -0.496. The average molecular weight is 291 g/mol. The number of hydrogen-bond donors (Lipinski definition) is 2. The summed E-state index contributed by atoms with van der Waals surface area (Å²) in [6.45, 7) is 1.62. The Morgan fingerprint density at radius 2 is 2.10 bits per heavy atom. The summed E-state index contributed by atoms with van der Waals surface area (Å²) in [6, 6.07) is 6.98. The van der Waals surface area contributed by atoms with Gasteiger partial charge in [-0.3, -0.25) is 9.59 Å². The molecular weight excluding hydrogens is 270 g/mol. The summed E-state index contributed by atoms with van der Waals surface area (Å²) in [5.41, 5.74) is 5.81. The fourth-order valence-electron chi connectivity index (χ4n) is 2.57. The molecule has 1 heterocycles. The van der Waals surface area contributed by atoms with Crippen molar-refractivity contribution in [2.24, 2.45) is 5.73 Å². The molecule has 0 aromatic heterocycles. The molecule has 0 aliphatic carbocycles. The maximum atomic E-state index is 12.7. The van der Waals surface area contributed by atoms with E-state index in [9.17, 15) is 9.59 Å². The number of hydrogen-bond acceptors (Lipinski definition) is 4. The largest absolute Gasteiger partial charge is 0.497 e. The number of carbonyl (C=O) groups is 2. The standard InChI is InChI=1S/C15H21N3O3/c1-21-13-4-2-3-11(9-13)15(20)18(10-14(16)19)12-5-7-17-8-6-12/h2-4,9,12,17H,5-8,10H2,1H3,(H2,16,19). The van der Waals surface area contributed by atoms with Crippen molar-refractivity contribution in [1.82, 2.24) is 10.2 Å². The van der Waals surface area contributed by atoms with Gasteiger partial charge >= 0.3 is 0 Å². The van der Waals surface area contributed by atoms with Crippen molar-refractivity contribution in [1.29, 1.82) is 0 Å². The van der Waals surface area contributed by atoms with E-state index in [0.717, 1.165) is 25.9 Å². The molecule has 1 aliphatic heterocycles. The minimum absolute atomic E-state index is 0.0393. The minimum Gasteiger partial charge on any atom is -0.497 e. The molecule has 0 unspecified atom stereocenters. The Labute approximate surface area is 124 Å². The van der Waals surface area contributed by atoms with Crippen LogP contribution in [0.3, 0.4) is 0 Å². The Hall–Kier alpha value is -2.08. The molecule has 114 valence electrons. The molecule has 3 N–H and O–H groups in total. The van der Waals surface area contributed by atoms with Crippen LogP contribution in [0.5, 0.6) is 5.75 Å². The molecule has 2 rings (SSSR count). The first-order chi connectivity index (χ1) is 10.1. The molecular formula is C15H21N3O3. The number of nitrogens with one attached hydrogen (secondary N) is 1. The van der Waals surface area contributed by atoms with Gasteiger partial charge in [-0.1, -0.05) is 6.07 Å². The van der Waals surface area contributed by atoms with E-state index in [1.54, 1.807) is 36.3 Å². The smallest absolute Gasteiger partial charge is 0.254 e. The first-order valence-corrected chi connectivity index (χ1v) is 7.06. The van der Waals surface area contributed by atoms with Crippen LogP contribution in [0.2, 0.25) is 0 Å². The van der Waals surface area contributed by atoms with Crippen LogP contribution in [-0.4, -0.2) is 49.5 Å². The van der Waals surface area contributed by atoms with Gasteiger partial charge in [0, 0.05) is 11.6 Å². The Morgan fingerprint density at radius 1 is 1.38 bits per heavy atom. The lowest BCUT2D eigenvalue weighted by Crippen LogP contribution is -2.49. The van der Waals surface area contributed by atoms with Crippen molar-refractivity contribution >= 4 is 11.8 Å².